The van der Waals surface area contributed by atoms with E-state index in [0.29, 0.717) is 6.54 Å². The zero-order chi connectivity index (χ0) is 20.1. The Bertz CT molecular complexity index is 897. The number of nitro benzene ring substituents is 1. The molecule has 1 saturated carbocycles. The summed E-state index contributed by atoms with van der Waals surface area (Å²) < 4.78 is 4.97. The number of carbonyl (C=O) groups is 2. The van der Waals surface area contributed by atoms with Gasteiger partial charge in [0.2, 0.25) is 0 Å². The fourth-order valence-electron chi connectivity index (χ4n) is 3.27. The topological polar surface area (TPSA) is 98.5 Å². The van der Waals surface area contributed by atoms with Crippen molar-refractivity contribution >= 4 is 29.2 Å². The normalized spacial score (nSPS) is 14.6. The molecule has 0 bridgehead atoms. The predicted molar refractivity (Wildman–Crippen MR) is 103 cm³/mol. The highest BCUT2D eigenvalue weighted by molar-refractivity contribution is 6.33. The van der Waals surface area contributed by atoms with Gasteiger partial charge < -0.3 is 10.1 Å². The summed E-state index contributed by atoms with van der Waals surface area (Å²) in [5, 5.41) is 13.7. The molecule has 0 aromatic heterocycles. The lowest BCUT2D eigenvalue weighted by Crippen LogP contribution is -2.46. The molecule has 0 saturated heterocycles. The highest BCUT2D eigenvalue weighted by Crippen LogP contribution is 2.43. The summed E-state index contributed by atoms with van der Waals surface area (Å²) >= 11 is 5.90. The summed E-state index contributed by atoms with van der Waals surface area (Å²) in [6.45, 7) is -0.0202. The summed E-state index contributed by atoms with van der Waals surface area (Å²) in [4.78, 5) is 34.4. The third-order valence-corrected chi connectivity index (χ3v) is 5.37. The Kier molecular flexibility index (Phi) is 5.94. The molecule has 2 aromatic rings. The first-order valence-corrected chi connectivity index (χ1v) is 9.22. The first-order valence-electron chi connectivity index (χ1n) is 8.85. The molecule has 146 valence electrons. The number of esters is 1. The molecule has 0 aliphatic heterocycles. The van der Waals surface area contributed by atoms with Crippen LogP contribution in [0.1, 0.15) is 35.2 Å². The maximum atomic E-state index is 12.1. The lowest BCUT2D eigenvalue weighted by molar-refractivity contribution is -0.384. The van der Waals surface area contributed by atoms with Crippen LogP contribution in [0.25, 0.3) is 0 Å². The second-order valence-electron chi connectivity index (χ2n) is 6.77. The van der Waals surface area contributed by atoms with Crippen LogP contribution in [0.4, 0.5) is 5.69 Å². The van der Waals surface area contributed by atoms with Gasteiger partial charge in [0.05, 0.1) is 15.5 Å². The van der Waals surface area contributed by atoms with Gasteiger partial charge >= 0.3 is 5.97 Å². The van der Waals surface area contributed by atoms with Gasteiger partial charge in [0.25, 0.3) is 11.6 Å². The number of nitro groups is 1. The number of amides is 1. The van der Waals surface area contributed by atoms with E-state index in [-0.39, 0.29) is 21.7 Å². The summed E-state index contributed by atoms with van der Waals surface area (Å²) in [5.74, 6) is -1.32. The van der Waals surface area contributed by atoms with Crippen molar-refractivity contribution < 1.29 is 19.2 Å². The molecular weight excluding hydrogens is 384 g/mol. The monoisotopic (exact) mass is 402 g/mol. The molecular formula is C20H19ClN2O5. The van der Waals surface area contributed by atoms with Crippen molar-refractivity contribution in [3.8, 4) is 0 Å². The zero-order valence-corrected chi connectivity index (χ0v) is 15.8. The van der Waals surface area contributed by atoms with E-state index in [0.717, 1.165) is 25.3 Å². The zero-order valence-electron chi connectivity index (χ0n) is 15.0. The van der Waals surface area contributed by atoms with Crippen LogP contribution < -0.4 is 5.32 Å². The minimum absolute atomic E-state index is 0.0218. The number of ether oxygens (including phenoxy) is 1. The maximum Gasteiger partial charge on any atom is 0.340 e. The number of rotatable bonds is 7. The number of non-ortho nitro benzene ring substituents is 1. The summed E-state index contributed by atoms with van der Waals surface area (Å²) in [5.41, 5.74) is 0.672. The van der Waals surface area contributed by atoms with Crippen molar-refractivity contribution in [3.63, 3.8) is 0 Å². The number of nitrogens with zero attached hydrogens (tertiary/aromatic N) is 1. The molecule has 7 nitrogen and oxygen atoms in total. The van der Waals surface area contributed by atoms with E-state index in [1.807, 2.05) is 18.2 Å². The number of hydrogen-bond acceptors (Lipinski definition) is 5. The van der Waals surface area contributed by atoms with Gasteiger partial charge in [-0.2, -0.15) is 0 Å². The Morgan fingerprint density at radius 1 is 1.18 bits per heavy atom. The molecule has 0 atom stereocenters. The van der Waals surface area contributed by atoms with Gasteiger partial charge in [-0.1, -0.05) is 48.4 Å². The van der Waals surface area contributed by atoms with E-state index in [1.165, 1.54) is 17.7 Å². The molecule has 28 heavy (non-hydrogen) atoms. The van der Waals surface area contributed by atoms with Crippen LogP contribution in [0.15, 0.2) is 48.5 Å². The highest BCUT2D eigenvalue weighted by atomic mass is 35.5. The van der Waals surface area contributed by atoms with Crippen LogP contribution in [0.5, 0.6) is 0 Å². The molecule has 0 spiro atoms. The van der Waals surface area contributed by atoms with E-state index < -0.39 is 23.4 Å². The quantitative estimate of drug-likeness (QED) is 0.433. The lowest BCUT2D eigenvalue weighted by atomic mass is 9.64. The summed E-state index contributed by atoms with van der Waals surface area (Å²) in [6.07, 6.45) is 3.08. The fourth-order valence-corrected chi connectivity index (χ4v) is 3.47. The second-order valence-corrected chi connectivity index (χ2v) is 7.18. The van der Waals surface area contributed by atoms with Crippen molar-refractivity contribution in [1.82, 2.24) is 5.32 Å². The molecule has 2 aromatic carbocycles. The average molecular weight is 403 g/mol. The number of carbonyl (C=O) groups excluding carboxylic acids is 2. The first-order chi connectivity index (χ1) is 13.4. The Morgan fingerprint density at radius 2 is 1.89 bits per heavy atom. The number of hydrogen-bond donors (Lipinski definition) is 1. The minimum atomic E-state index is -0.884. The third kappa shape index (κ3) is 4.31. The van der Waals surface area contributed by atoms with E-state index in [1.54, 1.807) is 0 Å². The van der Waals surface area contributed by atoms with Crippen LogP contribution >= 0.6 is 11.6 Å². The Labute approximate surface area is 166 Å². The second kappa shape index (κ2) is 8.39. The first kappa shape index (κ1) is 19.8. The summed E-state index contributed by atoms with van der Waals surface area (Å²) in [7, 11) is 0. The van der Waals surface area contributed by atoms with Gasteiger partial charge in [0.1, 0.15) is 0 Å². The van der Waals surface area contributed by atoms with Crippen molar-refractivity contribution in [1.29, 1.82) is 0 Å². The third-order valence-electron chi connectivity index (χ3n) is 5.04. The largest absolute Gasteiger partial charge is 0.452 e. The Balaban J connectivity index is 1.55. The predicted octanol–water partition coefficient (Wildman–Crippen LogP) is 3.64. The Hall–Kier alpha value is -2.93. The minimum Gasteiger partial charge on any atom is -0.452 e. The van der Waals surface area contributed by atoms with Gasteiger partial charge in [-0.25, -0.2) is 4.79 Å². The van der Waals surface area contributed by atoms with Crippen molar-refractivity contribution in [2.45, 2.75) is 24.7 Å². The fraction of sp³-hybridized carbons (Fsp3) is 0.300. The SMILES string of the molecule is O=C(COC(=O)c1cc([N+](=O)[O-])ccc1Cl)NCC1(c2ccccc2)CCC1. The molecule has 0 radical (unpaired) electrons. The van der Waals surface area contributed by atoms with Gasteiger partial charge in [-0.05, 0) is 24.5 Å². The molecule has 1 amide bonds. The maximum absolute atomic E-state index is 12.1. The number of benzene rings is 2. The van der Waals surface area contributed by atoms with Gasteiger partial charge in [-0.3, -0.25) is 14.9 Å². The average Bonchev–Trinajstić information content (AvgIpc) is 2.66. The van der Waals surface area contributed by atoms with Crippen molar-refractivity contribution in [3.05, 3.63) is 74.8 Å². The van der Waals surface area contributed by atoms with E-state index in [9.17, 15) is 19.7 Å². The molecule has 0 heterocycles. The smallest absolute Gasteiger partial charge is 0.340 e. The molecule has 1 aliphatic carbocycles. The van der Waals surface area contributed by atoms with E-state index >= 15 is 0 Å². The van der Waals surface area contributed by atoms with Crippen LogP contribution in [-0.4, -0.2) is 30.0 Å². The molecule has 0 unspecified atom stereocenters. The highest BCUT2D eigenvalue weighted by Gasteiger charge is 2.38. The standard InChI is InChI=1S/C20H19ClN2O5/c21-17-8-7-15(23(26)27)11-16(17)19(25)28-12-18(24)22-13-20(9-4-10-20)14-5-2-1-3-6-14/h1-3,5-8,11H,4,9-10,12-13H2,(H,22,24). The Morgan fingerprint density at radius 3 is 2.50 bits per heavy atom. The van der Waals surface area contributed by atoms with E-state index in [2.05, 4.69) is 17.4 Å². The van der Waals surface area contributed by atoms with Gasteiger partial charge in [0, 0.05) is 24.1 Å². The number of halogens is 1. The van der Waals surface area contributed by atoms with Crippen LogP contribution in [0.3, 0.4) is 0 Å². The van der Waals surface area contributed by atoms with Gasteiger partial charge in [-0.15, -0.1) is 0 Å². The number of nitrogens with one attached hydrogen (secondary N) is 1. The van der Waals surface area contributed by atoms with Crippen molar-refractivity contribution in [2.75, 3.05) is 13.2 Å². The van der Waals surface area contributed by atoms with Crippen LogP contribution in [0, 0.1) is 10.1 Å². The van der Waals surface area contributed by atoms with Crippen LogP contribution in [-0.2, 0) is 14.9 Å². The molecule has 1 N–H and O–H groups in total. The van der Waals surface area contributed by atoms with E-state index in [4.69, 9.17) is 16.3 Å². The molecule has 3 rings (SSSR count). The molecule has 8 heteroatoms. The van der Waals surface area contributed by atoms with Crippen molar-refractivity contribution in [2.24, 2.45) is 0 Å². The molecule has 1 fully saturated rings. The molecule has 1 aliphatic rings. The lowest BCUT2D eigenvalue weighted by Gasteiger charge is -2.42. The summed E-state index contributed by atoms with van der Waals surface area (Å²) in [6, 6.07) is 13.5. The van der Waals surface area contributed by atoms with Crippen LogP contribution in [0.2, 0.25) is 5.02 Å². The van der Waals surface area contributed by atoms with Gasteiger partial charge in [0.15, 0.2) is 6.61 Å².